The third-order valence-corrected chi connectivity index (χ3v) is 4.40. The summed E-state index contributed by atoms with van der Waals surface area (Å²) in [5, 5.41) is 9.20. The minimum absolute atomic E-state index is 0. The Kier molecular flexibility index (Phi) is 8.47. The van der Waals surface area contributed by atoms with Gasteiger partial charge in [-0.15, -0.1) is 36.2 Å². The topological polar surface area (TPSA) is 66.9 Å². The zero-order valence-electron chi connectivity index (χ0n) is 12.5. The second kappa shape index (κ2) is 9.82. The third kappa shape index (κ3) is 5.42. The van der Waals surface area contributed by atoms with E-state index in [1.807, 2.05) is 23.6 Å². The van der Waals surface area contributed by atoms with Crippen molar-refractivity contribution in [2.24, 2.45) is 0 Å². The SMILES string of the molecule is Cl.Cl.O=C(NCCc1nc(-c2ccccn2)cs1)C1CCCN1. The van der Waals surface area contributed by atoms with Crippen LogP contribution >= 0.6 is 36.2 Å². The normalized spacial score (nSPS) is 16.3. The number of aromatic nitrogens is 2. The molecule has 0 radical (unpaired) electrons. The van der Waals surface area contributed by atoms with Gasteiger partial charge in [0.25, 0.3) is 0 Å². The molecule has 126 valence electrons. The number of thiazole rings is 1. The van der Waals surface area contributed by atoms with E-state index in [1.165, 1.54) is 0 Å². The molecule has 1 atom stereocenters. The van der Waals surface area contributed by atoms with Crippen LogP contribution in [0, 0.1) is 0 Å². The number of rotatable bonds is 5. The molecule has 2 aromatic rings. The van der Waals surface area contributed by atoms with Crippen molar-refractivity contribution >= 4 is 42.1 Å². The molecule has 8 heteroatoms. The molecule has 0 saturated carbocycles. The van der Waals surface area contributed by atoms with Crippen LogP contribution in [0.2, 0.25) is 0 Å². The lowest BCUT2D eigenvalue weighted by Crippen LogP contribution is -2.41. The summed E-state index contributed by atoms with van der Waals surface area (Å²) < 4.78 is 0. The summed E-state index contributed by atoms with van der Waals surface area (Å²) >= 11 is 1.61. The van der Waals surface area contributed by atoms with E-state index >= 15 is 0 Å². The van der Waals surface area contributed by atoms with Crippen LogP contribution in [0.3, 0.4) is 0 Å². The number of nitrogens with zero attached hydrogens (tertiary/aromatic N) is 2. The maximum absolute atomic E-state index is 11.9. The van der Waals surface area contributed by atoms with Crippen molar-refractivity contribution in [2.75, 3.05) is 13.1 Å². The van der Waals surface area contributed by atoms with E-state index in [9.17, 15) is 4.79 Å². The van der Waals surface area contributed by atoms with Crippen LogP contribution in [0.25, 0.3) is 11.4 Å². The molecule has 5 nitrogen and oxygen atoms in total. The summed E-state index contributed by atoms with van der Waals surface area (Å²) in [4.78, 5) is 20.7. The molecule has 0 spiro atoms. The predicted octanol–water partition coefficient (Wildman–Crippen LogP) is 2.46. The molecule has 1 saturated heterocycles. The fourth-order valence-electron chi connectivity index (χ4n) is 2.38. The van der Waals surface area contributed by atoms with E-state index < -0.39 is 0 Å². The summed E-state index contributed by atoms with van der Waals surface area (Å²) in [7, 11) is 0. The van der Waals surface area contributed by atoms with Crippen LogP contribution in [0.4, 0.5) is 0 Å². The maximum Gasteiger partial charge on any atom is 0.237 e. The van der Waals surface area contributed by atoms with Gasteiger partial charge in [0.2, 0.25) is 5.91 Å². The average Bonchev–Trinajstić information content (AvgIpc) is 3.20. The quantitative estimate of drug-likeness (QED) is 0.843. The van der Waals surface area contributed by atoms with E-state index in [-0.39, 0.29) is 36.8 Å². The molecular weight excluding hydrogens is 355 g/mol. The Morgan fingerprint density at radius 2 is 2.22 bits per heavy atom. The Labute approximate surface area is 152 Å². The number of hydrogen-bond donors (Lipinski definition) is 2. The van der Waals surface area contributed by atoms with Gasteiger partial charge in [-0.2, -0.15) is 0 Å². The lowest BCUT2D eigenvalue weighted by atomic mass is 10.2. The summed E-state index contributed by atoms with van der Waals surface area (Å²) in [6.07, 6.45) is 4.55. The number of amides is 1. The molecule has 23 heavy (non-hydrogen) atoms. The van der Waals surface area contributed by atoms with Gasteiger partial charge in [0, 0.05) is 24.5 Å². The van der Waals surface area contributed by atoms with Gasteiger partial charge in [-0.3, -0.25) is 9.78 Å². The first-order chi connectivity index (χ1) is 10.3. The fourth-order valence-corrected chi connectivity index (χ4v) is 3.17. The molecule has 1 aliphatic heterocycles. The maximum atomic E-state index is 11.9. The summed E-state index contributed by atoms with van der Waals surface area (Å²) in [6, 6.07) is 5.79. The van der Waals surface area contributed by atoms with Gasteiger partial charge in [-0.1, -0.05) is 6.07 Å². The van der Waals surface area contributed by atoms with E-state index in [1.54, 1.807) is 17.5 Å². The first-order valence-electron chi connectivity index (χ1n) is 7.20. The van der Waals surface area contributed by atoms with Crippen molar-refractivity contribution in [3.8, 4) is 11.4 Å². The molecule has 1 amide bonds. The van der Waals surface area contributed by atoms with Crippen LogP contribution in [0.1, 0.15) is 17.8 Å². The first-order valence-corrected chi connectivity index (χ1v) is 8.08. The summed E-state index contributed by atoms with van der Waals surface area (Å²) in [5.74, 6) is 0.106. The summed E-state index contributed by atoms with van der Waals surface area (Å²) in [5.41, 5.74) is 1.79. The lowest BCUT2D eigenvalue weighted by Gasteiger charge is -2.10. The highest BCUT2D eigenvalue weighted by atomic mass is 35.5. The van der Waals surface area contributed by atoms with Crippen LogP contribution in [-0.4, -0.2) is 35.0 Å². The molecule has 1 fully saturated rings. The van der Waals surface area contributed by atoms with E-state index in [0.29, 0.717) is 6.54 Å². The fraction of sp³-hybridized carbons (Fsp3) is 0.400. The van der Waals surface area contributed by atoms with Gasteiger partial charge in [-0.25, -0.2) is 4.98 Å². The monoisotopic (exact) mass is 374 g/mol. The van der Waals surface area contributed by atoms with Gasteiger partial charge in [0.1, 0.15) is 0 Å². The summed E-state index contributed by atoms with van der Waals surface area (Å²) in [6.45, 7) is 1.57. The van der Waals surface area contributed by atoms with Crippen LogP contribution in [0.5, 0.6) is 0 Å². The molecule has 1 unspecified atom stereocenters. The largest absolute Gasteiger partial charge is 0.354 e. The molecule has 3 heterocycles. The van der Waals surface area contributed by atoms with Gasteiger partial charge in [0.05, 0.1) is 22.4 Å². The number of nitrogens with one attached hydrogen (secondary N) is 2. The Balaban J connectivity index is 0.00000132. The zero-order valence-corrected chi connectivity index (χ0v) is 15.0. The van der Waals surface area contributed by atoms with Crippen molar-refractivity contribution in [2.45, 2.75) is 25.3 Å². The van der Waals surface area contributed by atoms with Crippen LogP contribution < -0.4 is 10.6 Å². The Bertz CT molecular complexity index is 603. The van der Waals surface area contributed by atoms with Gasteiger partial charge in [0.15, 0.2) is 0 Å². The smallest absolute Gasteiger partial charge is 0.237 e. The average molecular weight is 375 g/mol. The molecule has 2 N–H and O–H groups in total. The van der Waals surface area contributed by atoms with Gasteiger partial charge >= 0.3 is 0 Å². The molecule has 1 aliphatic rings. The second-order valence-electron chi connectivity index (χ2n) is 5.03. The minimum Gasteiger partial charge on any atom is -0.354 e. The highest BCUT2D eigenvalue weighted by Crippen LogP contribution is 2.19. The van der Waals surface area contributed by atoms with Crippen molar-refractivity contribution < 1.29 is 4.79 Å². The number of halogens is 2. The van der Waals surface area contributed by atoms with Gasteiger partial charge < -0.3 is 10.6 Å². The molecular formula is C15H20Cl2N4OS. The predicted molar refractivity (Wildman–Crippen MR) is 97.6 cm³/mol. The number of hydrogen-bond acceptors (Lipinski definition) is 5. The Hall–Kier alpha value is -1.21. The van der Waals surface area contributed by atoms with E-state index in [2.05, 4.69) is 20.6 Å². The lowest BCUT2D eigenvalue weighted by molar-refractivity contribution is -0.122. The number of carbonyl (C=O) groups excluding carboxylic acids is 1. The number of pyridine rings is 1. The van der Waals surface area contributed by atoms with Gasteiger partial charge in [-0.05, 0) is 31.5 Å². The van der Waals surface area contributed by atoms with Crippen molar-refractivity contribution in [3.63, 3.8) is 0 Å². The molecule has 2 aromatic heterocycles. The first kappa shape index (κ1) is 19.8. The van der Waals surface area contributed by atoms with Crippen LogP contribution in [0.15, 0.2) is 29.8 Å². The second-order valence-corrected chi connectivity index (χ2v) is 5.97. The number of carbonyl (C=O) groups is 1. The highest BCUT2D eigenvalue weighted by molar-refractivity contribution is 7.09. The Morgan fingerprint density at radius 3 is 2.91 bits per heavy atom. The standard InChI is InChI=1S/C15H18N4OS.2ClH/c20-15(12-5-3-8-17-12)18-9-6-14-19-13(10-21-14)11-4-1-2-7-16-11;;/h1-2,4,7,10,12,17H,3,5-6,8-9H2,(H,18,20);2*1H. The molecule has 3 rings (SSSR count). The van der Waals surface area contributed by atoms with Crippen LogP contribution in [-0.2, 0) is 11.2 Å². The molecule has 0 aromatic carbocycles. The van der Waals surface area contributed by atoms with E-state index in [4.69, 9.17) is 0 Å². The highest BCUT2D eigenvalue weighted by Gasteiger charge is 2.21. The van der Waals surface area contributed by atoms with Crippen molar-refractivity contribution in [3.05, 3.63) is 34.8 Å². The van der Waals surface area contributed by atoms with Crippen molar-refractivity contribution in [1.29, 1.82) is 0 Å². The zero-order chi connectivity index (χ0) is 14.5. The molecule has 0 bridgehead atoms. The van der Waals surface area contributed by atoms with Crippen molar-refractivity contribution in [1.82, 2.24) is 20.6 Å². The third-order valence-electron chi connectivity index (χ3n) is 3.49. The molecule has 0 aliphatic carbocycles. The van der Waals surface area contributed by atoms with E-state index in [0.717, 1.165) is 42.2 Å². The Morgan fingerprint density at radius 1 is 1.35 bits per heavy atom. The minimum atomic E-state index is -0.00891.